The molecule has 0 spiro atoms. The van der Waals surface area contributed by atoms with Gasteiger partial charge in [-0.3, -0.25) is 14.5 Å². The van der Waals surface area contributed by atoms with Crippen molar-refractivity contribution >= 4 is 28.5 Å². The maximum Gasteiger partial charge on any atom is 0.410 e. The number of amides is 2. The molecule has 0 aliphatic rings. The third-order valence-corrected chi connectivity index (χ3v) is 3.97. The van der Waals surface area contributed by atoms with Gasteiger partial charge in [0.15, 0.2) is 0 Å². The summed E-state index contributed by atoms with van der Waals surface area (Å²) < 4.78 is 5.32. The van der Waals surface area contributed by atoms with E-state index in [1.54, 1.807) is 27.7 Å². The molecule has 2 aromatic carbocycles. The number of carbonyl (C=O) groups excluding carboxylic acids is 2. The quantitative estimate of drug-likeness (QED) is 0.776. The number of benzene rings is 2. The number of hydroxylamine groups is 1. The van der Waals surface area contributed by atoms with Crippen LogP contribution in [-0.4, -0.2) is 42.7 Å². The second-order valence-corrected chi connectivity index (χ2v) is 7.11. The molecule has 0 aromatic heterocycles. The number of hydrogen-bond acceptors (Lipinski definition) is 4. The van der Waals surface area contributed by atoms with E-state index in [1.807, 2.05) is 42.5 Å². The van der Waals surface area contributed by atoms with E-state index in [2.05, 4.69) is 0 Å². The summed E-state index contributed by atoms with van der Waals surface area (Å²) in [6.45, 7) is 6.98. The van der Waals surface area contributed by atoms with Gasteiger partial charge in [0.05, 0.1) is 12.8 Å². The summed E-state index contributed by atoms with van der Waals surface area (Å²) in [6.07, 6.45) is -0.562. The van der Waals surface area contributed by atoms with Gasteiger partial charge in [-0.15, -0.1) is 0 Å². The first-order chi connectivity index (χ1) is 12.1. The highest BCUT2D eigenvalue weighted by atomic mass is 16.7. The van der Waals surface area contributed by atoms with Gasteiger partial charge in [-0.2, -0.15) is 5.06 Å². The lowest BCUT2D eigenvalue weighted by Gasteiger charge is -2.30. The maximum absolute atomic E-state index is 12.9. The van der Waals surface area contributed by atoms with Crippen LogP contribution in [0.1, 0.15) is 27.7 Å². The van der Waals surface area contributed by atoms with Crippen LogP contribution >= 0.6 is 0 Å². The third kappa shape index (κ3) is 4.52. The van der Waals surface area contributed by atoms with Crippen LogP contribution in [0.5, 0.6) is 0 Å². The standard InChI is InChI=1S/C20H26N2O4/c1-14(21(5)19(24)26-20(2,3)4)18(23)22(25-6)17-12-11-15-9-7-8-10-16(15)13-17/h7-14H,1-6H3/t14-/m0/s1. The fourth-order valence-corrected chi connectivity index (χ4v) is 2.45. The Bertz CT molecular complexity index is 798. The Kier molecular flexibility index (Phi) is 5.87. The van der Waals surface area contributed by atoms with E-state index in [0.717, 1.165) is 10.8 Å². The Hall–Kier alpha value is -2.60. The van der Waals surface area contributed by atoms with Crippen molar-refractivity contribution in [2.24, 2.45) is 0 Å². The van der Waals surface area contributed by atoms with Crippen LogP contribution in [0, 0.1) is 0 Å². The molecular formula is C20H26N2O4. The summed E-state index contributed by atoms with van der Waals surface area (Å²) in [5.41, 5.74) is -0.0337. The molecule has 0 unspecified atom stereocenters. The second-order valence-electron chi connectivity index (χ2n) is 7.11. The van der Waals surface area contributed by atoms with E-state index < -0.39 is 17.7 Å². The van der Waals surface area contributed by atoms with E-state index >= 15 is 0 Å². The molecule has 0 heterocycles. The number of carbonyl (C=O) groups is 2. The van der Waals surface area contributed by atoms with Gasteiger partial charge < -0.3 is 4.74 Å². The molecule has 2 aromatic rings. The molecule has 1 atom stereocenters. The van der Waals surface area contributed by atoms with Gasteiger partial charge >= 0.3 is 6.09 Å². The smallest absolute Gasteiger partial charge is 0.410 e. The Labute approximate surface area is 154 Å². The molecule has 140 valence electrons. The van der Waals surface area contributed by atoms with Crippen molar-refractivity contribution in [3.8, 4) is 0 Å². The van der Waals surface area contributed by atoms with Crippen LogP contribution < -0.4 is 5.06 Å². The monoisotopic (exact) mass is 358 g/mol. The zero-order chi connectivity index (χ0) is 19.5. The van der Waals surface area contributed by atoms with Crippen LogP contribution in [0.15, 0.2) is 42.5 Å². The van der Waals surface area contributed by atoms with E-state index in [4.69, 9.17) is 9.57 Å². The first kappa shape index (κ1) is 19.7. The summed E-state index contributed by atoms with van der Waals surface area (Å²) in [5, 5.41) is 3.25. The Balaban J connectivity index is 2.22. The first-order valence-electron chi connectivity index (χ1n) is 8.46. The van der Waals surface area contributed by atoms with Crippen molar-refractivity contribution in [1.29, 1.82) is 0 Å². The van der Waals surface area contributed by atoms with Crippen molar-refractivity contribution in [2.45, 2.75) is 39.3 Å². The van der Waals surface area contributed by atoms with E-state index in [1.165, 1.54) is 24.1 Å². The fourth-order valence-electron chi connectivity index (χ4n) is 2.45. The highest BCUT2D eigenvalue weighted by Crippen LogP contribution is 2.23. The Morgan fingerprint density at radius 3 is 2.23 bits per heavy atom. The molecule has 6 heteroatoms. The lowest BCUT2D eigenvalue weighted by atomic mass is 10.1. The molecular weight excluding hydrogens is 332 g/mol. The van der Waals surface area contributed by atoms with Gasteiger partial charge in [-0.25, -0.2) is 4.79 Å². The van der Waals surface area contributed by atoms with Crippen LogP contribution in [0.3, 0.4) is 0 Å². The number of nitrogens with zero attached hydrogens (tertiary/aromatic N) is 2. The van der Waals surface area contributed by atoms with Crippen LogP contribution in [0.25, 0.3) is 10.8 Å². The maximum atomic E-state index is 12.9. The minimum Gasteiger partial charge on any atom is -0.444 e. The molecule has 2 amide bonds. The second kappa shape index (κ2) is 7.74. The largest absolute Gasteiger partial charge is 0.444 e. The van der Waals surface area contributed by atoms with Crippen molar-refractivity contribution in [1.82, 2.24) is 4.90 Å². The third-order valence-electron chi connectivity index (χ3n) is 3.97. The van der Waals surface area contributed by atoms with Gasteiger partial charge in [0.1, 0.15) is 11.6 Å². The SMILES string of the molecule is CON(C(=O)[C@H](C)N(C)C(=O)OC(C)(C)C)c1ccc2ccccc2c1. The average Bonchev–Trinajstić information content (AvgIpc) is 2.59. The number of likely N-dealkylation sites (N-methyl/N-ethyl adjacent to an activating group) is 1. The van der Waals surface area contributed by atoms with E-state index in [-0.39, 0.29) is 5.91 Å². The summed E-state index contributed by atoms with van der Waals surface area (Å²) in [5.74, 6) is -0.365. The lowest BCUT2D eigenvalue weighted by molar-refractivity contribution is -0.129. The topological polar surface area (TPSA) is 59.1 Å². The number of fused-ring (bicyclic) bond motifs is 1. The molecule has 0 radical (unpaired) electrons. The van der Waals surface area contributed by atoms with Gasteiger partial charge in [-0.1, -0.05) is 30.3 Å². The molecule has 2 rings (SSSR count). The molecule has 0 bridgehead atoms. The summed E-state index contributed by atoms with van der Waals surface area (Å²) >= 11 is 0. The predicted molar refractivity (Wildman–Crippen MR) is 102 cm³/mol. The van der Waals surface area contributed by atoms with Gasteiger partial charge in [0.2, 0.25) is 0 Å². The van der Waals surface area contributed by atoms with Gasteiger partial charge in [0, 0.05) is 7.05 Å². The highest BCUT2D eigenvalue weighted by molar-refractivity contribution is 5.98. The van der Waals surface area contributed by atoms with Gasteiger partial charge in [0.25, 0.3) is 5.91 Å². The molecule has 0 N–H and O–H groups in total. The molecule has 0 saturated heterocycles. The zero-order valence-electron chi connectivity index (χ0n) is 16.1. The molecule has 0 fully saturated rings. The van der Waals surface area contributed by atoms with Crippen molar-refractivity contribution < 1.29 is 19.2 Å². The molecule has 6 nitrogen and oxygen atoms in total. The van der Waals surface area contributed by atoms with Crippen molar-refractivity contribution in [2.75, 3.05) is 19.2 Å². The number of hydrogen-bond donors (Lipinski definition) is 0. The molecule has 0 aliphatic heterocycles. The Morgan fingerprint density at radius 1 is 1.04 bits per heavy atom. The van der Waals surface area contributed by atoms with E-state index in [0.29, 0.717) is 5.69 Å². The van der Waals surface area contributed by atoms with Gasteiger partial charge in [-0.05, 0) is 50.6 Å². The number of rotatable bonds is 4. The lowest BCUT2D eigenvalue weighted by Crippen LogP contribution is -2.49. The zero-order valence-corrected chi connectivity index (χ0v) is 16.1. The minimum absolute atomic E-state index is 0.365. The summed E-state index contributed by atoms with van der Waals surface area (Å²) in [7, 11) is 2.96. The van der Waals surface area contributed by atoms with Crippen LogP contribution in [-0.2, 0) is 14.4 Å². The molecule has 26 heavy (non-hydrogen) atoms. The number of anilines is 1. The van der Waals surface area contributed by atoms with Crippen molar-refractivity contribution in [3.05, 3.63) is 42.5 Å². The van der Waals surface area contributed by atoms with E-state index in [9.17, 15) is 9.59 Å². The Morgan fingerprint density at radius 2 is 1.65 bits per heavy atom. The average molecular weight is 358 g/mol. The normalized spacial score (nSPS) is 12.5. The molecule has 0 aliphatic carbocycles. The van der Waals surface area contributed by atoms with Crippen LogP contribution in [0.2, 0.25) is 0 Å². The first-order valence-corrected chi connectivity index (χ1v) is 8.46. The van der Waals surface area contributed by atoms with Crippen LogP contribution in [0.4, 0.5) is 10.5 Å². The summed E-state index contributed by atoms with van der Waals surface area (Å²) in [6, 6.07) is 12.7. The molecule has 0 saturated carbocycles. The summed E-state index contributed by atoms with van der Waals surface area (Å²) in [4.78, 5) is 31.7. The predicted octanol–water partition coefficient (Wildman–Crippen LogP) is 3.99. The fraction of sp³-hybridized carbons (Fsp3) is 0.400. The van der Waals surface area contributed by atoms with Crippen molar-refractivity contribution in [3.63, 3.8) is 0 Å². The highest BCUT2D eigenvalue weighted by Gasteiger charge is 2.31. The minimum atomic E-state index is -0.753. The number of ether oxygens (including phenoxy) is 1.